The number of hydrogen-bond donors (Lipinski definition) is 1. The molecule has 0 bridgehead atoms. The van der Waals surface area contributed by atoms with Crippen molar-refractivity contribution < 1.29 is 28.9 Å². The number of amides is 1. The standard InChI is InChI=1S/C26H30N2O6/c1-16(2)32-12-11-28-23(17-5-8-19(9-6-17)27(3)4)22(25(30)26(28)31)24(29)18-7-10-20-21(15-18)34-14-13-33-20/h5-10,15-16,23,29H,11-14H2,1-4H3/b24-22-. The molecule has 2 heterocycles. The molecule has 0 spiro atoms. The number of anilines is 1. The van der Waals surface area contributed by atoms with Crippen molar-refractivity contribution in [3.05, 3.63) is 59.2 Å². The van der Waals surface area contributed by atoms with Gasteiger partial charge in [-0.05, 0) is 49.7 Å². The summed E-state index contributed by atoms with van der Waals surface area (Å²) in [5, 5.41) is 11.3. The Labute approximate surface area is 199 Å². The highest BCUT2D eigenvalue weighted by Gasteiger charge is 2.46. The average Bonchev–Trinajstić information content (AvgIpc) is 3.08. The van der Waals surface area contributed by atoms with E-state index in [0.717, 1.165) is 11.3 Å². The van der Waals surface area contributed by atoms with Gasteiger partial charge in [0.2, 0.25) is 0 Å². The number of Topliss-reactive ketones (excluding diaryl/α,β-unsaturated/α-hetero) is 1. The van der Waals surface area contributed by atoms with Crippen LogP contribution in [0.2, 0.25) is 0 Å². The van der Waals surface area contributed by atoms with E-state index in [2.05, 4.69) is 0 Å². The maximum absolute atomic E-state index is 13.2. The molecule has 1 N–H and O–H groups in total. The normalized spacial score (nSPS) is 19.1. The van der Waals surface area contributed by atoms with Crippen LogP contribution < -0.4 is 14.4 Å². The van der Waals surface area contributed by atoms with Crippen molar-refractivity contribution >= 4 is 23.1 Å². The first-order valence-electron chi connectivity index (χ1n) is 11.3. The Balaban J connectivity index is 1.78. The first-order valence-corrected chi connectivity index (χ1v) is 11.3. The molecule has 1 amide bonds. The first kappa shape index (κ1) is 23.6. The fourth-order valence-corrected chi connectivity index (χ4v) is 4.14. The summed E-state index contributed by atoms with van der Waals surface area (Å²) < 4.78 is 16.8. The third kappa shape index (κ3) is 4.59. The van der Waals surface area contributed by atoms with Gasteiger partial charge < -0.3 is 29.1 Å². The van der Waals surface area contributed by atoms with Gasteiger partial charge in [0.25, 0.3) is 11.7 Å². The van der Waals surface area contributed by atoms with Gasteiger partial charge >= 0.3 is 0 Å². The van der Waals surface area contributed by atoms with E-state index in [1.807, 2.05) is 57.1 Å². The van der Waals surface area contributed by atoms with Crippen LogP contribution in [0.5, 0.6) is 11.5 Å². The zero-order valence-corrected chi connectivity index (χ0v) is 19.9. The second-order valence-electron chi connectivity index (χ2n) is 8.76. The zero-order chi connectivity index (χ0) is 24.4. The number of rotatable bonds is 7. The Morgan fingerprint density at radius 2 is 1.76 bits per heavy atom. The van der Waals surface area contributed by atoms with Gasteiger partial charge in [-0.15, -0.1) is 0 Å². The van der Waals surface area contributed by atoms with E-state index in [9.17, 15) is 14.7 Å². The smallest absolute Gasteiger partial charge is 0.295 e. The van der Waals surface area contributed by atoms with Crippen LogP contribution in [-0.2, 0) is 14.3 Å². The number of ether oxygens (including phenoxy) is 3. The first-order chi connectivity index (χ1) is 16.3. The summed E-state index contributed by atoms with van der Waals surface area (Å²) in [6.07, 6.45) is -0.00707. The number of carbonyl (C=O) groups is 2. The zero-order valence-electron chi connectivity index (χ0n) is 19.9. The van der Waals surface area contributed by atoms with E-state index < -0.39 is 17.7 Å². The molecule has 4 rings (SSSR count). The molecule has 8 nitrogen and oxygen atoms in total. The minimum Gasteiger partial charge on any atom is -0.507 e. The van der Waals surface area contributed by atoms with Crippen molar-refractivity contribution in [1.82, 2.24) is 4.90 Å². The molecule has 1 unspecified atom stereocenters. The third-order valence-corrected chi connectivity index (χ3v) is 5.86. The van der Waals surface area contributed by atoms with Crippen LogP contribution in [0.4, 0.5) is 5.69 Å². The van der Waals surface area contributed by atoms with Crippen molar-refractivity contribution in [3.8, 4) is 11.5 Å². The van der Waals surface area contributed by atoms with E-state index in [-0.39, 0.29) is 30.6 Å². The lowest BCUT2D eigenvalue weighted by molar-refractivity contribution is -0.140. The topological polar surface area (TPSA) is 88.5 Å². The molecule has 1 fully saturated rings. The van der Waals surface area contributed by atoms with Crippen molar-refractivity contribution in [2.75, 3.05) is 45.4 Å². The summed E-state index contributed by atoms with van der Waals surface area (Å²) in [7, 11) is 3.87. The van der Waals surface area contributed by atoms with Gasteiger partial charge in [-0.1, -0.05) is 12.1 Å². The minimum absolute atomic E-state index is 0.00707. The quantitative estimate of drug-likeness (QED) is 0.380. The second kappa shape index (κ2) is 9.77. The monoisotopic (exact) mass is 466 g/mol. The number of aliphatic hydroxyl groups is 1. The summed E-state index contributed by atoms with van der Waals surface area (Å²) in [4.78, 5) is 29.6. The van der Waals surface area contributed by atoms with Crippen LogP contribution in [0.15, 0.2) is 48.0 Å². The Hall–Kier alpha value is -3.52. The van der Waals surface area contributed by atoms with Crippen molar-refractivity contribution in [1.29, 1.82) is 0 Å². The van der Waals surface area contributed by atoms with Gasteiger partial charge in [0, 0.05) is 31.9 Å². The number of nitrogens with zero attached hydrogens (tertiary/aromatic N) is 2. The van der Waals surface area contributed by atoms with Crippen LogP contribution >= 0.6 is 0 Å². The lowest BCUT2D eigenvalue weighted by atomic mass is 9.95. The molecule has 2 aliphatic heterocycles. The fourth-order valence-electron chi connectivity index (χ4n) is 4.14. The molecule has 0 aliphatic carbocycles. The van der Waals surface area contributed by atoms with E-state index >= 15 is 0 Å². The van der Waals surface area contributed by atoms with Crippen molar-refractivity contribution in [2.45, 2.75) is 26.0 Å². The van der Waals surface area contributed by atoms with E-state index in [1.54, 1.807) is 18.2 Å². The Morgan fingerprint density at radius 3 is 2.41 bits per heavy atom. The molecular weight excluding hydrogens is 436 g/mol. The van der Waals surface area contributed by atoms with E-state index in [0.29, 0.717) is 30.3 Å². The minimum atomic E-state index is -0.736. The Bertz CT molecular complexity index is 1110. The summed E-state index contributed by atoms with van der Waals surface area (Å²) in [5.41, 5.74) is 2.14. The molecule has 0 aromatic heterocycles. The lowest BCUT2D eigenvalue weighted by Gasteiger charge is -2.26. The highest BCUT2D eigenvalue weighted by molar-refractivity contribution is 6.46. The molecule has 180 valence electrons. The number of aliphatic hydroxyl groups excluding tert-OH is 1. The van der Waals surface area contributed by atoms with Crippen LogP contribution in [0.25, 0.3) is 5.76 Å². The molecule has 1 saturated heterocycles. The highest BCUT2D eigenvalue weighted by Crippen LogP contribution is 2.41. The number of fused-ring (bicyclic) bond motifs is 1. The predicted octanol–water partition coefficient (Wildman–Crippen LogP) is 3.37. The fraction of sp³-hybridized carbons (Fsp3) is 0.385. The average molecular weight is 467 g/mol. The maximum Gasteiger partial charge on any atom is 0.295 e. The number of carbonyl (C=O) groups excluding carboxylic acids is 2. The molecule has 2 aliphatic rings. The van der Waals surface area contributed by atoms with Gasteiger partial charge in [0.1, 0.15) is 19.0 Å². The van der Waals surface area contributed by atoms with Gasteiger partial charge in [-0.2, -0.15) is 0 Å². The molecule has 0 radical (unpaired) electrons. The maximum atomic E-state index is 13.2. The van der Waals surface area contributed by atoms with Crippen LogP contribution in [0.1, 0.15) is 31.0 Å². The van der Waals surface area contributed by atoms with Crippen molar-refractivity contribution in [2.24, 2.45) is 0 Å². The molecule has 0 saturated carbocycles. The van der Waals surface area contributed by atoms with E-state index in [1.165, 1.54) is 4.90 Å². The Kier molecular flexibility index (Phi) is 6.79. The third-order valence-electron chi connectivity index (χ3n) is 5.86. The van der Waals surface area contributed by atoms with Crippen LogP contribution in [-0.4, -0.2) is 68.3 Å². The summed E-state index contributed by atoms with van der Waals surface area (Å²) in [6, 6.07) is 11.8. The summed E-state index contributed by atoms with van der Waals surface area (Å²) >= 11 is 0. The molecule has 8 heteroatoms. The SMILES string of the molecule is CC(C)OCCN1C(=O)C(=O)/C(=C(\O)c2ccc3c(c2)OCCO3)C1c1ccc(N(C)C)cc1. The van der Waals surface area contributed by atoms with Crippen LogP contribution in [0.3, 0.4) is 0 Å². The van der Waals surface area contributed by atoms with Gasteiger partial charge in [-0.25, -0.2) is 0 Å². The van der Waals surface area contributed by atoms with E-state index in [4.69, 9.17) is 14.2 Å². The second-order valence-corrected chi connectivity index (χ2v) is 8.76. The van der Waals surface area contributed by atoms with Crippen molar-refractivity contribution in [3.63, 3.8) is 0 Å². The largest absolute Gasteiger partial charge is 0.507 e. The Morgan fingerprint density at radius 1 is 1.09 bits per heavy atom. The number of ketones is 1. The predicted molar refractivity (Wildman–Crippen MR) is 128 cm³/mol. The molecule has 2 aromatic rings. The number of hydrogen-bond acceptors (Lipinski definition) is 7. The van der Waals surface area contributed by atoms with Crippen LogP contribution in [0, 0.1) is 0 Å². The highest BCUT2D eigenvalue weighted by atomic mass is 16.6. The van der Waals surface area contributed by atoms with Gasteiger partial charge in [0.05, 0.1) is 24.3 Å². The molecule has 2 aromatic carbocycles. The van der Waals surface area contributed by atoms with Gasteiger partial charge in [0.15, 0.2) is 11.5 Å². The number of benzene rings is 2. The molecular formula is C26H30N2O6. The lowest BCUT2D eigenvalue weighted by Crippen LogP contribution is -2.33. The number of likely N-dealkylation sites (tertiary alicyclic amines) is 1. The summed E-state index contributed by atoms with van der Waals surface area (Å²) in [6.45, 7) is 5.17. The molecule has 34 heavy (non-hydrogen) atoms. The summed E-state index contributed by atoms with van der Waals surface area (Å²) in [5.74, 6) is -0.567. The van der Waals surface area contributed by atoms with Gasteiger partial charge in [-0.3, -0.25) is 9.59 Å². The molecule has 1 atom stereocenters.